The minimum Gasteiger partial charge on any atom is -0.399 e. The fourth-order valence-corrected chi connectivity index (χ4v) is 11.1. The Bertz CT molecular complexity index is 3860. The summed E-state index contributed by atoms with van der Waals surface area (Å²) in [6, 6.07) is 66.0. The Hall–Kier alpha value is -8.08. The molecule has 11 aromatic rings. The fourth-order valence-electron chi connectivity index (χ4n) is 10.7. The maximum Gasteiger partial charge on any atom is 0.534 e. The lowest BCUT2D eigenvalue weighted by Gasteiger charge is -2.15. The number of benzene rings is 11. The van der Waals surface area contributed by atoms with E-state index in [2.05, 4.69) is 163 Å². The lowest BCUT2D eigenvalue weighted by atomic mass is 9.93. The molecule has 4 N–H and O–H groups in total. The molecule has 0 heterocycles. The number of halogens is 3. The molecule has 0 fully saturated rings. The largest absolute Gasteiger partial charge is 0.534 e. The van der Waals surface area contributed by atoms with Crippen LogP contribution in [0.25, 0.3) is 64.6 Å². The third-order valence-corrected chi connectivity index (χ3v) is 15.9. The smallest absolute Gasteiger partial charge is 0.399 e. The number of unbranched alkanes of at least 4 members (excludes halogenated alkanes) is 6. The summed E-state index contributed by atoms with van der Waals surface area (Å²) in [7, 11) is -5.72. The Kier molecular flexibility index (Phi) is 18.8. The monoisotopic (exact) mass is 1100 g/mol. The molecule has 6 nitrogen and oxygen atoms in total. The molecular formula is C71H72F3N3O3S. The summed E-state index contributed by atoms with van der Waals surface area (Å²) in [5, 5.41) is 20.1. The van der Waals surface area contributed by atoms with Crippen LogP contribution in [0.3, 0.4) is 0 Å². The summed E-state index contributed by atoms with van der Waals surface area (Å²) in [4.78, 5) is 0. The minimum absolute atomic E-state index is 0.378. The van der Waals surface area contributed by atoms with Crippen LogP contribution < -0.4 is 20.6 Å². The Morgan fingerprint density at radius 3 is 1.12 bits per heavy atom. The average molecular weight is 1100 g/mol. The van der Waals surface area contributed by atoms with E-state index in [1.54, 1.807) is 6.07 Å². The van der Waals surface area contributed by atoms with Crippen LogP contribution in [0.5, 0.6) is 5.75 Å². The van der Waals surface area contributed by atoms with Crippen molar-refractivity contribution in [2.75, 3.05) is 16.4 Å². The van der Waals surface area contributed by atoms with Crippen LogP contribution in [-0.4, -0.2) is 13.9 Å². The second-order valence-electron chi connectivity index (χ2n) is 21.1. The predicted molar refractivity (Wildman–Crippen MR) is 338 cm³/mol. The van der Waals surface area contributed by atoms with Gasteiger partial charge in [-0.2, -0.15) is 21.6 Å². The molecule has 81 heavy (non-hydrogen) atoms. The molecule has 0 aliphatic rings. The topological polar surface area (TPSA) is 93.4 Å². The summed E-state index contributed by atoms with van der Waals surface area (Å²) < 4.78 is 64.8. The zero-order valence-corrected chi connectivity index (χ0v) is 47.6. The molecule has 0 aliphatic heterocycles. The first-order valence-corrected chi connectivity index (χ1v) is 29.9. The Labute approximate surface area is 475 Å². The van der Waals surface area contributed by atoms with Crippen LogP contribution in [-0.2, 0) is 29.4 Å². The van der Waals surface area contributed by atoms with Crippen molar-refractivity contribution in [3.63, 3.8) is 0 Å². The number of hydrogen-bond donors (Lipinski definition) is 3. The van der Waals surface area contributed by atoms with Gasteiger partial charge >= 0.3 is 15.6 Å². The van der Waals surface area contributed by atoms with Crippen LogP contribution >= 0.6 is 0 Å². The molecule has 11 aromatic carbocycles. The lowest BCUT2D eigenvalue weighted by molar-refractivity contribution is -0.0500. The molecule has 0 spiro atoms. The molecule has 0 radical (unpaired) electrons. The lowest BCUT2D eigenvalue weighted by Crippen LogP contribution is -2.28. The molecule has 11 rings (SSSR count). The summed E-state index contributed by atoms with van der Waals surface area (Å²) in [5.74, 6) is -0.378. The molecule has 0 aliphatic carbocycles. The molecule has 0 amide bonds. The predicted octanol–water partition coefficient (Wildman–Crippen LogP) is 20.8. The van der Waals surface area contributed by atoms with Gasteiger partial charge in [0.05, 0.1) is 0 Å². The molecule has 416 valence electrons. The van der Waals surface area contributed by atoms with Gasteiger partial charge in [-0.25, -0.2) is 0 Å². The normalized spacial score (nSPS) is 11.6. The number of alkyl halides is 3. The van der Waals surface area contributed by atoms with E-state index in [0.29, 0.717) is 5.39 Å². The number of hydrogen-bond acceptors (Lipinski definition) is 6. The van der Waals surface area contributed by atoms with E-state index in [9.17, 15) is 21.6 Å². The summed E-state index contributed by atoms with van der Waals surface area (Å²) in [6.45, 7) is 8.72. The zero-order valence-electron chi connectivity index (χ0n) is 46.8. The van der Waals surface area contributed by atoms with E-state index in [1.807, 2.05) is 55.5 Å². The van der Waals surface area contributed by atoms with Crippen molar-refractivity contribution in [2.24, 2.45) is 0 Å². The van der Waals surface area contributed by atoms with Crippen molar-refractivity contribution in [3.8, 4) is 5.75 Å². The second-order valence-corrected chi connectivity index (χ2v) is 22.6. The van der Waals surface area contributed by atoms with E-state index >= 15 is 0 Å². The van der Waals surface area contributed by atoms with Crippen molar-refractivity contribution in [2.45, 2.75) is 110 Å². The van der Waals surface area contributed by atoms with Gasteiger partial charge in [0, 0.05) is 28.4 Å². The molecule has 0 bridgehead atoms. The Morgan fingerprint density at radius 1 is 0.395 bits per heavy atom. The molecular weight excluding hydrogens is 1030 g/mol. The second kappa shape index (κ2) is 26.5. The number of anilines is 5. The minimum atomic E-state index is -5.72. The van der Waals surface area contributed by atoms with Gasteiger partial charge < -0.3 is 20.6 Å². The van der Waals surface area contributed by atoms with Gasteiger partial charge in [-0.15, -0.1) is 0 Å². The van der Waals surface area contributed by atoms with Gasteiger partial charge in [0.25, 0.3) is 0 Å². The van der Waals surface area contributed by atoms with Crippen molar-refractivity contribution >= 4 is 103 Å². The van der Waals surface area contributed by atoms with E-state index in [-0.39, 0.29) is 5.75 Å². The molecule has 0 aromatic heterocycles. The Morgan fingerprint density at radius 2 is 0.728 bits per heavy atom. The van der Waals surface area contributed by atoms with Crippen LogP contribution in [0.1, 0.15) is 101 Å². The first-order valence-electron chi connectivity index (χ1n) is 28.5. The van der Waals surface area contributed by atoms with Gasteiger partial charge in [-0.05, 0) is 206 Å². The summed E-state index contributed by atoms with van der Waals surface area (Å²) >= 11 is 0. The van der Waals surface area contributed by atoms with Crippen LogP contribution in [0.4, 0.5) is 41.6 Å². The molecule has 0 saturated carbocycles. The van der Waals surface area contributed by atoms with E-state index in [1.165, 1.54) is 125 Å². The highest BCUT2D eigenvalue weighted by atomic mass is 32.2. The first kappa shape index (κ1) is 57.6. The maximum atomic E-state index is 12.6. The van der Waals surface area contributed by atoms with Gasteiger partial charge in [0.1, 0.15) is 5.75 Å². The number of fused-ring (bicyclic) bond motifs is 12. The van der Waals surface area contributed by atoms with Crippen LogP contribution in [0, 0.1) is 6.92 Å². The van der Waals surface area contributed by atoms with E-state index < -0.39 is 15.6 Å². The molecule has 0 saturated heterocycles. The SMILES string of the molecule is CCCCCc1ccc(N)cc1.CCCCCc1ccc(Nc2ccc3c4ccc(Nc5ccc(CCCCC)cc5)cc4c4ccccc4c3c2)cc1.Cc1ccc2c3ccc(OS(=O)(=O)C(F)(F)F)cc3c3ccccc3c2c1. The van der Waals surface area contributed by atoms with Gasteiger partial charge in [-0.1, -0.05) is 180 Å². The van der Waals surface area contributed by atoms with Gasteiger partial charge in [0.15, 0.2) is 0 Å². The van der Waals surface area contributed by atoms with E-state index in [4.69, 9.17) is 5.73 Å². The number of nitrogens with one attached hydrogen (secondary N) is 2. The third kappa shape index (κ3) is 14.3. The first-order chi connectivity index (χ1) is 39.2. The van der Waals surface area contributed by atoms with Crippen molar-refractivity contribution in [1.82, 2.24) is 0 Å². The standard InChI is InChI=1S/C40H42N2.C20H13F3O3S.C11H17N/c1-3-5-7-11-29-15-19-31(20-16-29)41-33-23-25-37-38-26-24-34(42-32-21-17-30(18-22-32)12-8-6-4-2)28-40(38)36-14-10-9-13-35(36)39(37)27-33;1-12-6-8-16-17-9-7-13(26-27(24,25)20(21,22)23)11-19(17)15-5-3-2-4-14(15)18(16)10-12;1-2-3-4-5-10-6-8-11(12)9-7-10/h9-10,13-28,41-42H,3-8,11-12H2,1-2H3;2-11H,1H3;6-9H,2-5,12H2,1H3. The van der Waals surface area contributed by atoms with Crippen molar-refractivity contribution < 1.29 is 25.8 Å². The van der Waals surface area contributed by atoms with Crippen LogP contribution in [0.2, 0.25) is 0 Å². The quantitative estimate of drug-likeness (QED) is 0.0261. The zero-order chi connectivity index (χ0) is 56.9. The van der Waals surface area contributed by atoms with Crippen molar-refractivity contribution in [3.05, 3.63) is 216 Å². The number of aryl methyl sites for hydroxylation is 4. The van der Waals surface area contributed by atoms with Gasteiger partial charge in [-0.3, -0.25) is 0 Å². The van der Waals surface area contributed by atoms with E-state index in [0.717, 1.165) is 73.8 Å². The number of nitrogen functional groups attached to an aromatic ring is 1. The Balaban J connectivity index is 0.000000172. The summed E-state index contributed by atoms with van der Waals surface area (Å²) in [6.07, 6.45) is 15.0. The molecule has 0 unspecified atom stereocenters. The van der Waals surface area contributed by atoms with Crippen LogP contribution in [0.15, 0.2) is 194 Å². The van der Waals surface area contributed by atoms with Gasteiger partial charge in [0.2, 0.25) is 0 Å². The highest BCUT2D eigenvalue weighted by Gasteiger charge is 2.48. The number of nitrogens with two attached hydrogens (primary N) is 1. The highest BCUT2D eigenvalue weighted by Crippen LogP contribution is 2.40. The molecule has 10 heteroatoms. The average Bonchev–Trinajstić information content (AvgIpc) is 3.64. The number of rotatable bonds is 18. The van der Waals surface area contributed by atoms with Crippen molar-refractivity contribution in [1.29, 1.82) is 0 Å². The molecule has 0 atom stereocenters. The highest BCUT2D eigenvalue weighted by molar-refractivity contribution is 7.88. The fraction of sp³-hybridized carbons (Fsp3) is 0.239. The third-order valence-electron chi connectivity index (χ3n) is 15.0. The summed E-state index contributed by atoms with van der Waals surface area (Å²) in [5.41, 5.74) is 10.8. The maximum absolute atomic E-state index is 12.6.